The van der Waals surface area contributed by atoms with Gasteiger partial charge in [-0.05, 0) is 28.8 Å². The number of esters is 1. The molecule has 1 aliphatic rings. The van der Waals surface area contributed by atoms with Crippen LogP contribution in [0.4, 0.5) is 10.5 Å². The number of H-pyrrole nitrogens is 1. The summed E-state index contributed by atoms with van der Waals surface area (Å²) in [4.78, 5) is 29.6. The molecule has 1 aromatic heterocycles. The normalized spacial score (nSPS) is 20.4. The summed E-state index contributed by atoms with van der Waals surface area (Å²) in [5.41, 5.74) is 3.90. The van der Waals surface area contributed by atoms with Crippen LogP contribution >= 0.6 is 11.8 Å². The fourth-order valence-electron chi connectivity index (χ4n) is 5.01. The molecule has 44 heavy (non-hydrogen) atoms. The highest BCUT2D eigenvalue weighted by molar-refractivity contribution is 7.99. The Bertz CT molecular complexity index is 1510. The Morgan fingerprint density at radius 1 is 1.02 bits per heavy atom. The molecule has 0 bridgehead atoms. The highest BCUT2D eigenvalue weighted by atomic mass is 32.2. The number of rotatable bonds is 11. The molecule has 4 aromatic rings. The minimum absolute atomic E-state index is 0.00592. The van der Waals surface area contributed by atoms with Crippen LogP contribution in [0.5, 0.6) is 0 Å². The predicted octanol–water partition coefficient (Wildman–Crippen LogP) is 4.79. The lowest BCUT2D eigenvalue weighted by atomic mass is 9.91. The summed E-state index contributed by atoms with van der Waals surface area (Å²) >= 11 is 1.51. The number of amides is 2. The van der Waals surface area contributed by atoms with E-state index >= 15 is 0 Å². The molecule has 5 rings (SSSR count). The Morgan fingerprint density at radius 2 is 1.82 bits per heavy atom. The highest BCUT2D eigenvalue weighted by Crippen LogP contribution is 2.43. The van der Waals surface area contributed by atoms with Gasteiger partial charge in [0, 0.05) is 29.3 Å². The van der Waals surface area contributed by atoms with E-state index in [9.17, 15) is 14.7 Å². The van der Waals surface area contributed by atoms with Gasteiger partial charge in [0.25, 0.3) is 0 Å². The lowest BCUT2D eigenvalue weighted by molar-refractivity contribution is -0.268. The Morgan fingerprint density at radius 3 is 2.52 bits per heavy atom. The minimum Gasteiger partial charge on any atom is -0.467 e. The van der Waals surface area contributed by atoms with Crippen molar-refractivity contribution in [2.75, 3.05) is 18.2 Å². The van der Waals surface area contributed by atoms with E-state index in [0.717, 1.165) is 22.3 Å². The zero-order chi connectivity index (χ0) is 30.9. The van der Waals surface area contributed by atoms with E-state index in [-0.39, 0.29) is 31.2 Å². The fraction of sp³-hybridized carbons (Fsp3) is 0.312. The van der Waals surface area contributed by atoms with E-state index in [2.05, 4.69) is 32.7 Å². The SMILES string of the molecule is COC(=O)[C@H](Cc1ccccc1)NC(=O)Nc1cccc([C@H]2O[C@@H](CSc3ncn[nH]3)[C@@H](C)[C@@H](c3ccc(CO)cc3)O2)c1. The van der Waals surface area contributed by atoms with Gasteiger partial charge in [-0.1, -0.05) is 85.4 Å². The summed E-state index contributed by atoms with van der Waals surface area (Å²) in [5, 5.41) is 22.5. The van der Waals surface area contributed by atoms with Gasteiger partial charge in [-0.2, -0.15) is 5.10 Å². The lowest BCUT2D eigenvalue weighted by Gasteiger charge is -2.41. The molecule has 5 atom stereocenters. The van der Waals surface area contributed by atoms with Crippen molar-refractivity contribution in [2.45, 2.75) is 49.6 Å². The van der Waals surface area contributed by atoms with Crippen molar-refractivity contribution >= 4 is 29.4 Å². The highest BCUT2D eigenvalue weighted by Gasteiger charge is 2.38. The number of hydrogen-bond acceptors (Lipinski definition) is 9. The van der Waals surface area contributed by atoms with Gasteiger partial charge >= 0.3 is 12.0 Å². The summed E-state index contributed by atoms with van der Waals surface area (Å²) in [6.07, 6.45) is 0.538. The molecule has 1 fully saturated rings. The van der Waals surface area contributed by atoms with Gasteiger partial charge in [0.1, 0.15) is 12.4 Å². The van der Waals surface area contributed by atoms with Crippen LogP contribution in [0.1, 0.15) is 41.6 Å². The third-order valence-corrected chi connectivity index (χ3v) is 8.36. The van der Waals surface area contributed by atoms with Crippen LogP contribution in [-0.4, -0.2) is 57.3 Å². The molecule has 0 aliphatic carbocycles. The van der Waals surface area contributed by atoms with Gasteiger partial charge in [-0.25, -0.2) is 14.6 Å². The molecule has 2 amide bonds. The number of aromatic nitrogens is 3. The van der Waals surface area contributed by atoms with Crippen molar-refractivity contribution in [1.29, 1.82) is 0 Å². The number of urea groups is 1. The smallest absolute Gasteiger partial charge is 0.328 e. The second-order valence-corrected chi connectivity index (χ2v) is 11.4. The molecule has 0 unspecified atom stereocenters. The quantitative estimate of drug-likeness (QED) is 0.138. The predicted molar refractivity (Wildman–Crippen MR) is 165 cm³/mol. The summed E-state index contributed by atoms with van der Waals surface area (Å²) in [7, 11) is 1.29. The Labute approximate surface area is 259 Å². The van der Waals surface area contributed by atoms with Crippen LogP contribution in [-0.2, 0) is 32.0 Å². The average molecular weight is 618 g/mol. The van der Waals surface area contributed by atoms with E-state index in [1.165, 1.54) is 25.2 Å². The molecular formula is C32H35N5O6S. The first-order valence-electron chi connectivity index (χ1n) is 14.2. The maximum atomic E-state index is 13.0. The third kappa shape index (κ3) is 8.03. The first kappa shape index (κ1) is 31.2. The molecule has 4 N–H and O–H groups in total. The summed E-state index contributed by atoms with van der Waals surface area (Å²) in [6, 6.07) is 22.9. The molecule has 2 heterocycles. The van der Waals surface area contributed by atoms with Crippen molar-refractivity contribution in [3.8, 4) is 0 Å². The molecule has 0 saturated carbocycles. The first-order chi connectivity index (χ1) is 21.4. The zero-order valence-electron chi connectivity index (χ0n) is 24.4. The summed E-state index contributed by atoms with van der Waals surface area (Å²) in [6.45, 7) is 2.05. The number of anilines is 1. The summed E-state index contributed by atoms with van der Waals surface area (Å²) in [5.74, 6) is 0.0646. The third-order valence-electron chi connectivity index (χ3n) is 7.39. The number of nitrogens with one attached hydrogen (secondary N) is 3. The van der Waals surface area contributed by atoms with Gasteiger partial charge in [-0.15, -0.1) is 0 Å². The Balaban J connectivity index is 1.31. The number of nitrogens with zero attached hydrogens (tertiary/aromatic N) is 2. The number of benzene rings is 3. The van der Waals surface area contributed by atoms with Crippen LogP contribution in [0.3, 0.4) is 0 Å². The molecule has 12 heteroatoms. The van der Waals surface area contributed by atoms with E-state index in [0.29, 0.717) is 16.6 Å². The number of aliphatic hydroxyl groups is 1. The molecule has 11 nitrogen and oxygen atoms in total. The van der Waals surface area contributed by atoms with Crippen LogP contribution in [0.25, 0.3) is 0 Å². The second-order valence-electron chi connectivity index (χ2n) is 10.4. The number of carbonyl (C=O) groups excluding carboxylic acids is 2. The minimum atomic E-state index is -0.863. The number of methoxy groups -OCH3 is 1. The van der Waals surface area contributed by atoms with Gasteiger partial charge in [0.2, 0.25) is 0 Å². The van der Waals surface area contributed by atoms with Crippen LogP contribution in [0.2, 0.25) is 0 Å². The standard InChI is InChI=1S/C32H35N5O6S/c1-20-27(18-44-32-33-19-34-37-32)42-30(43-28(20)23-13-11-22(17-38)12-14-23)24-9-6-10-25(16-24)35-31(40)36-26(29(39)41-2)15-21-7-4-3-5-8-21/h3-14,16,19-20,26-28,30,38H,15,17-18H2,1-2H3,(H,33,34,37)(H2,35,36,40)/t20-,26+,27+,28+,30+/m1/s1. The zero-order valence-corrected chi connectivity index (χ0v) is 25.2. The van der Waals surface area contributed by atoms with Crippen LogP contribution in [0, 0.1) is 5.92 Å². The van der Waals surface area contributed by atoms with Gasteiger partial charge < -0.3 is 30.0 Å². The first-order valence-corrected chi connectivity index (χ1v) is 15.2. The number of carbonyl (C=O) groups is 2. The molecule has 3 aromatic carbocycles. The van der Waals surface area contributed by atoms with Gasteiger partial charge in [-0.3, -0.25) is 5.10 Å². The van der Waals surface area contributed by atoms with Crippen molar-refractivity contribution < 1.29 is 28.9 Å². The Kier molecular flexibility index (Phi) is 10.6. The van der Waals surface area contributed by atoms with E-state index < -0.39 is 24.3 Å². The number of aliphatic hydroxyl groups excluding tert-OH is 1. The molecular weight excluding hydrogens is 582 g/mol. The van der Waals surface area contributed by atoms with E-state index in [1.807, 2.05) is 60.7 Å². The van der Waals surface area contributed by atoms with Gasteiger partial charge in [0.15, 0.2) is 11.4 Å². The maximum absolute atomic E-state index is 13.0. The number of hydrogen-bond donors (Lipinski definition) is 4. The molecule has 1 aliphatic heterocycles. The average Bonchev–Trinajstić information content (AvgIpc) is 3.58. The Hall–Kier alpha value is -4.23. The molecule has 230 valence electrons. The van der Waals surface area contributed by atoms with Crippen molar-refractivity contribution in [2.24, 2.45) is 5.92 Å². The topological polar surface area (TPSA) is 148 Å². The van der Waals surface area contributed by atoms with E-state index in [4.69, 9.17) is 14.2 Å². The van der Waals surface area contributed by atoms with E-state index in [1.54, 1.807) is 18.2 Å². The fourth-order valence-corrected chi connectivity index (χ4v) is 5.95. The monoisotopic (exact) mass is 617 g/mol. The lowest BCUT2D eigenvalue weighted by Crippen LogP contribution is -2.45. The number of ether oxygens (including phenoxy) is 3. The van der Waals surface area contributed by atoms with Crippen molar-refractivity contribution in [1.82, 2.24) is 20.5 Å². The van der Waals surface area contributed by atoms with Gasteiger partial charge in [0.05, 0.1) is 25.9 Å². The van der Waals surface area contributed by atoms with Crippen LogP contribution < -0.4 is 10.6 Å². The number of aromatic amines is 1. The van der Waals surface area contributed by atoms with Crippen molar-refractivity contribution in [3.05, 3.63) is 107 Å². The molecule has 0 radical (unpaired) electrons. The number of thioether (sulfide) groups is 1. The second kappa shape index (κ2) is 15.0. The largest absolute Gasteiger partial charge is 0.467 e. The maximum Gasteiger partial charge on any atom is 0.328 e. The summed E-state index contributed by atoms with van der Waals surface area (Å²) < 4.78 is 17.9. The molecule has 1 saturated heterocycles. The molecule has 0 spiro atoms. The van der Waals surface area contributed by atoms with Crippen LogP contribution in [0.15, 0.2) is 90.3 Å². The van der Waals surface area contributed by atoms with Crippen molar-refractivity contribution in [3.63, 3.8) is 0 Å².